The Hall–Kier alpha value is -0.830. The van der Waals surface area contributed by atoms with Gasteiger partial charge in [-0.15, -0.1) is 0 Å². The van der Waals surface area contributed by atoms with Gasteiger partial charge in [-0.3, -0.25) is 4.79 Å². The lowest BCUT2D eigenvalue weighted by Crippen LogP contribution is -2.04. The van der Waals surface area contributed by atoms with Crippen molar-refractivity contribution in [3.8, 4) is 0 Å². The molecule has 0 spiro atoms. The van der Waals surface area contributed by atoms with E-state index in [1.54, 1.807) is 13.0 Å². The molecule has 0 fully saturated rings. The van der Waals surface area contributed by atoms with Gasteiger partial charge in [-0.2, -0.15) is 0 Å². The van der Waals surface area contributed by atoms with Crippen LogP contribution in [-0.2, 0) is 9.53 Å². The molecule has 68 valence electrons. The Labute approximate surface area is 72.0 Å². The molecule has 0 aromatic carbocycles. The van der Waals surface area contributed by atoms with Crippen LogP contribution >= 0.6 is 0 Å². The van der Waals surface area contributed by atoms with Crippen molar-refractivity contribution in [3.63, 3.8) is 0 Å². The Balaban J connectivity index is 2.31. The third-order valence-corrected chi connectivity index (χ3v) is 1.87. The molecule has 0 aliphatic heterocycles. The molecular formula is C9H14O3. The molecule has 3 heteroatoms. The molecule has 1 aliphatic rings. The zero-order valence-electron chi connectivity index (χ0n) is 7.25. The van der Waals surface area contributed by atoms with Crippen LogP contribution in [0.2, 0.25) is 0 Å². The van der Waals surface area contributed by atoms with Crippen LogP contribution < -0.4 is 0 Å². The summed E-state index contributed by atoms with van der Waals surface area (Å²) in [4.78, 5) is 11.0. The molecule has 1 aliphatic carbocycles. The summed E-state index contributed by atoms with van der Waals surface area (Å²) < 4.78 is 4.78. The maximum Gasteiger partial charge on any atom is 0.309 e. The zero-order chi connectivity index (χ0) is 8.97. The van der Waals surface area contributed by atoms with Gasteiger partial charge in [0.25, 0.3) is 0 Å². The summed E-state index contributed by atoms with van der Waals surface area (Å²) in [5.74, 6) is -0.196. The van der Waals surface area contributed by atoms with Gasteiger partial charge in [-0.05, 0) is 19.8 Å². The van der Waals surface area contributed by atoms with E-state index in [4.69, 9.17) is 9.84 Å². The van der Waals surface area contributed by atoms with Crippen LogP contribution in [0.25, 0.3) is 0 Å². The number of carbonyl (C=O) groups is 1. The van der Waals surface area contributed by atoms with Crippen LogP contribution in [0.5, 0.6) is 0 Å². The third-order valence-electron chi connectivity index (χ3n) is 1.87. The molecule has 1 rings (SSSR count). The maximum atomic E-state index is 11.0. The smallest absolute Gasteiger partial charge is 0.309 e. The van der Waals surface area contributed by atoms with E-state index in [9.17, 15) is 4.79 Å². The van der Waals surface area contributed by atoms with Gasteiger partial charge in [0.15, 0.2) is 0 Å². The second-order valence-corrected chi connectivity index (χ2v) is 2.91. The van der Waals surface area contributed by atoms with Crippen molar-refractivity contribution in [1.82, 2.24) is 0 Å². The first-order chi connectivity index (χ1) is 5.72. The van der Waals surface area contributed by atoms with Crippen LogP contribution in [0.15, 0.2) is 11.6 Å². The minimum atomic E-state index is -0.352. The first kappa shape index (κ1) is 9.26. The summed E-state index contributed by atoms with van der Waals surface area (Å²) >= 11 is 0. The number of ether oxygens (including phenoxy) is 1. The Morgan fingerprint density at radius 1 is 1.83 bits per heavy atom. The lowest BCUT2D eigenvalue weighted by molar-refractivity contribution is -0.142. The SMILES string of the molecule is CCOC(=O)CC1=C[C@@H](O)CC1. The van der Waals surface area contributed by atoms with E-state index in [0.29, 0.717) is 13.0 Å². The van der Waals surface area contributed by atoms with Crippen molar-refractivity contribution < 1.29 is 14.6 Å². The third kappa shape index (κ3) is 2.66. The van der Waals surface area contributed by atoms with Gasteiger partial charge in [-0.25, -0.2) is 0 Å². The first-order valence-electron chi connectivity index (χ1n) is 4.25. The highest BCUT2D eigenvalue weighted by molar-refractivity contribution is 5.72. The van der Waals surface area contributed by atoms with Crippen molar-refractivity contribution in [3.05, 3.63) is 11.6 Å². The van der Waals surface area contributed by atoms with Gasteiger partial charge in [-0.1, -0.05) is 11.6 Å². The number of aliphatic hydroxyl groups excluding tert-OH is 1. The molecule has 1 atom stereocenters. The van der Waals surface area contributed by atoms with Crippen molar-refractivity contribution in [2.24, 2.45) is 0 Å². The van der Waals surface area contributed by atoms with Crippen LogP contribution in [0, 0.1) is 0 Å². The van der Waals surface area contributed by atoms with Gasteiger partial charge in [0, 0.05) is 0 Å². The molecule has 0 amide bonds. The molecular weight excluding hydrogens is 156 g/mol. The summed E-state index contributed by atoms with van der Waals surface area (Å²) in [6.07, 6.45) is 3.30. The van der Waals surface area contributed by atoms with Gasteiger partial charge in [0.2, 0.25) is 0 Å². The monoisotopic (exact) mass is 170 g/mol. The maximum absolute atomic E-state index is 11.0. The van der Waals surface area contributed by atoms with Gasteiger partial charge in [0.1, 0.15) is 0 Å². The van der Waals surface area contributed by atoms with E-state index in [-0.39, 0.29) is 12.1 Å². The van der Waals surface area contributed by atoms with E-state index in [1.165, 1.54) is 0 Å². The Kier molecular flexibility index (Phi) is 3.29. The quantitative estimate of drug-likeness (QED) is 0.508. The minimum absolute atomic E-state index is 0.196. The Morgan fingerprint density at radius 2 is 2.58 bits per heavy atom. The molecule has 0 radical (unpaired) electrons. The summed E-state index contributed by atoms with van der Waals surface area (Å²) in [7, 11) is 0. The van der Waals surface area contributed by atoms with E-state index >= 15 is 0 Å². The largest absolute Gasteiger partial charge is 0.466 e. The van der Waals surface area contributed by atoms with Crippen molar-refractivity contribution >= 4 is 5.97 Å². The fourth-order valence-corrected chi connectivity index (χ4v) is 1.32. The molecule has 0 aromatic rings. The molecule has 0 bridgehead atoms. The Morgan fingerprint density at radius 3 is 3.08 bits per heavy atom. The standard InChI is InChI=1S/C9H14O3/c1-2-12-9(11)6-7-3-4-8(10)5-7/h5,8,10H,2-4,6H2,1H3/t8-/m0/s1. The lowest BCUT2D eigenvalue weighted by Gasteiger charge is -2.00. The number of aliphatic hydroxyl groups is 1. The van der Waals surface area contributed by atoms with E-state index in [2.05, 4.69) is 0 Å². The second-order valence-electron chi connectivity index (χ2n) is 2.91. The normalized spacial score (nSPS) is 22.2. The predicted molar refractivity (Wildman–Crippen MR) is 44.6 cm³/mol. The predicted octanol–water partition coefficient (Wildman–Crippen LogP) is 1.02. The first-order valence-corrected chi connectivity index (χ1v) is 4.25. The highest BCUT2D eigenvalue weighted by Gasteiger charge is 2.15. The molecule has 0 saturated carbocycles. The van der Waals surface area contributed by atoms with Crippen molar-refractivity contribution in [1.29, 1.82) is 0 Å². The fourth-order valence-electron chi connectivity index (χ4n) is 1.32. The molecule has 3 nitrogen and oxygen atoms in total. The van der Waals surface area contributed by atoms with E-state index < -0.39 is 0 Å². The average Bonchev–Trinajstić information content (AvgIpc) is 2.36. The number of rotatable bonds is 3. The molecule has 0 heterocycles. The lowest BCUT2D eigenvalue weighted by atomic mass is 10.2. The zero-order valence-corrected chi connectivity index (χ0v) is 7.25. The number of carbonyl (C=O) groups excluding carboxylic acids is 1. The summed E-state index contributed by atoms with van der Waals surface area (Å²) in [6, 6.07) is 0. The van der Waals surface area contributed by atoms with Gasteiger partial charge < -0.3 is 9.84 Å². The summed E-state index contributed by atoms with van der Waals surface area (Å²) in [5.41, 5.74) is 1.00. The fraction of sp³-hybridized carbons (Fsp3) is 0.667. The summed E-state index contributed by atoms with van der Waals surface area (Å²) in [5, 5.41) is 9.11. The van der Waals surface area contributed by atoms with Crippen LogP contribution in [0.4, 0.5) is 0 Å². The van der Waals surface area contributed by atoms with Crippen molar-refractivity contribution in [2.75, 3.05) is 6.61 Å². The summed E-state index contributed by atoms with van der Waals surface area (Å²) in [6.45, 7) is 2.21. The molecule has 0 saturated heterocycles. The van der Waals surface area contributed by atoms with E-state index in [1.807, 2.05) is 0 Å². The number of hydrogen-bond donors (Lipinski definition) is 1. The highest BCUT2D eigenvalue weighted by Crippen LogP contribution is 2.21. The number of hydrogen-bond acceptors (Lipinski definition) is 3. The topological polar surface area (TPSA) is 46.5 Å². The molecule has 0 aromatic heterocycles. The highest BCUT2D eigenvalue weighted by atomic mass is 16.5. The second kappa shape index (κ2) is 4.26. The molecule has 0 unspecified atom stereocenters. The molecule has 1 N–H and O–H groups in total. The van der Waals surface area contributed by atoms with Crippen LogP contribution in [-0.4, -0.2) is 23.8 Å². The van der Waals surface area contributed by atoms with Crippen LogP contribution in [0.3, 0.4) is 0 Å². The number of esters is 1. The van der Waals surface area contributed by atoms with Crippen LogP contribution in [0.1, 0.15) is 26.2 Å². The minimum Gasteiger partial charge on any atom is -0.466 e. The van der Waals surface area contributed by atoms with Gasteiger partial charge >= 0.3 is 5.97 Å². The van der Waals surface area contributed by atoms with Gasteiger partial charge in [0.05, 0.1) is 19.1 Å². The van der Waals surface area contributed by atoms with E-state index in [0.717, 1.165) is 18.4 Å². The molecule has 12 heavy (non-hydrogen) atoms. The van der Waals surface area contributed by atoms with Crippen molar-refractivity contribution in [2.45, 2.75) is 32.3 Å². The average molecular weight is 170 g/mol. The Bertz CT molecular complexity index is 196.